The van der Waals surface area contributed by atoms with Crippen LogP contribution in [0.15, 0.2) is 250 Å². The van der Waals surface area contributed by atoms with Crippen LogP contribution in [0.4, 0.5) is 32.3 Å². The van der Waals surface area contributed by atoms with Gasteiger partial charge in [-0.1, -0.05) is 97.1 Å². The first-order valence-corrected chi connectivity index (χ1v) is 40.8. The summed E-state index contributed by atoms with van der Waals surface area (Å²) in [7, 11) is 4.60. The summed E-state index contributed by atoms with van der Waals surface area (Å²) in [5.41, 5.74) is 7.49. The average Bonchev–Trinajstić information content (AvgIpc) is 1.62. The molecule has 20 rings (SSSR count). The molecule has 0 bridgehead atoms. The largest absolute Gasteiger partial charge is 0.508 e. The van der Waals surface area contributed by atoms with E-state index in [-0.39, 0.29) is 68.6 Å². The van der Waals surface area contributed by atoms with E-state index in [1.807, 2.05) is 104 Å². The zero-order chi connectivity index (χ0) is 92.0. The second kappa shape index (κ2) is 34.4. The van der Waals surface area contributed by atoms with Gasteiger partial charge in [-0.2, -0.15) is 18.3 Å². The summed E-state index contributed by atoms with van der Waals surface area (Å²) in [6, 6.07) is 58.1. The number of benzene rings is 8. The van der Waals surface area contributed by atoms with E-state index in [2.05, 4.69) is 62.6 Å². The number of nitrogens with zero attached hydrogens (tertiary/aromatic N) is 9. The Bertz CT molecular complexity index is 6670. The Kier molecular flexibility index (Phi) is 22.6. The second-order valence-electron chi connectivity index (χ2n) is 31.9. The zero-order valence-corrected chi connectivity index (χ0v) is 70.1. The van der Waals surface area contributed by atoms with E-state index < -0.39 is 81.8 Å². The summed E-state index contributed by atoms with van der Waals surface area (Å²) in [5.74, 6) is -1.26. The number of aromatic nitrogens is 5. The van der Waals surface area contributed by atoms with Crippen LogP contribution in [0.2, 0.25) is 0 Å². The van der Waals surface area contributed by atoms with Crippen molar-refractivity contribution >= 4 is 71.4 Å². The minimum absolute atomic E-state index is 0.00805. The molecule has 0 spiro atoms. The molecule has 660 valence electrons. The summed E-state index contributed by atoms with van der Waals surface area (Å²) in [4.78, 5) is 171. The van der Waals surface area contributed by atoms with Gasteiger partial charge in [0.15, 0.2) is 27.8 Å². The Hall–Kier alpha value is -17.0. The SMILES string of the molecule is COc1ccc2c(c1)C(=O)N(C[C@@]1(c3ccc(-c4ccnc(C)c4)cc3)NC(=O)NC1=O)C2.COc1ccc2c(c1)C(=O)N(C[C@@]1(c3ccc(-n4ccc(C(F)(F)F)n4)cc3)NC(=O)NC1=O)C2.COc1ccc2c(c1)CN(C[C@@]1(c3ccc(-c4ccncc4)cc3)NC(=O)NC1=O)C2=O.O=C1NC(=O)[C@](CN2Cc3cc(O)ccc3C2=O)(c2ccc(-c3ccncc3)cc2)N1. The van der Waals surface area contributed by atoms with E-state index >= 15 is 0 Å². The fourth-order valence-electron chi connectivity index (χ4n) is 17.2. The summed E-state index contributed by atoms with van der Waals surface area (Å²) >= 11 is 0. The van der Waals surface area contributed by atoms with Gasteiger partial charge in [0.2, 0.25) is 0 Å². The predicted octanol–water partition coefficient (Wildman–Crippen LogP) is 9.94. The van der Waals surface area contributed by atoms with Crippen LogP contribution in [0.5, 0.6) is 23.0 Å². The van der Waals surface area contributed by atoms with Crippen LogP contribution < -0.4 is 56.7 Å². The van der Waals surface area contributed by atoms with E-state index in [1.54, 1.807) is 128 Å². The van der Waals surface area contributed by atoms with Crippen molar-refractivity contribution in [2.75, 3.05) is 47.5 Å². The molecular weight excluding hydrogens is 1690 g/mol. The Morgan fingerprint density at radius 2 is 0.687 bits per heavy atom. The van der Waals surface area contributed by atoms with Gasteiger partial charge in [0.05, 0.1) is 53.2 Å². The third-order valence-corrected chi connectivity index (χ3v) is 23.9. The smallest absolute Gasteiger partial charge is 0.435 e. The number of hydrogen-bond acceptors (Lipinski definition) is 20. The number of ether oxygens (including phenoxy) is 3. The molecule has 4 saturated heterocycles. The van der Waals surface area contributed by atoms with Gasteiger partial charge in [-0.05, 0) is 200 Å². The van der Waals surface area contributed by atoms with E-state index in [1.165, 1.54) is 59.5 Å². The van der Waals surface area contributed by atoms with Crippen LogP contribution in [0, 0.1) is 6.92 Å². The Labute approximate surface area is 743 Å². The molecule has 4 fully saturated rings. The van der Waals surface area contributed by atoms with Crippen LogP contribution in [-0.4, -0.2) is 168 Å². The number of amides is 16. The number of hydrogen-bond donors (Lipinski definition) is 9. The van der Waals surface area contributed by atoms with Crippen LogP contribution in [0.1, 0.15) is 97.3 Å². The number of nitrogens with one attached hydrogen (secondary N) is 8. The predicted molar refractivity (Wildman–Crippen MR) is 462 cm³/mol. The highest BCUT2D eigenvalue weighted by molar-refractivity contribution is 6.12. The van der Waals surface area contributed by atoms with Crippen molar-refractivity contribution in [2.45, 2.75) is 61.4 Å². The highest BCUT2D eigenvalue weighted by Gasteiger charge is 2.55. The molecule has 36 heteroatoms. The highest BCUT2D eigenvalue weighted by Crippen LogP contribution is 2.41. The van der Waals surface area contributed by atoms with Gasteiger partial charge < -0.3 is 60.2 Å². The molecule has 0 unspecified atom stereocenters. The minimum Gasteiger partial charge on any atom is -0.508 e. The lowest BCUT2D eigenvalue weighted by atomic mass is 9.88. The van der Waals surface area contributed by atoms with Crippen LogP contribution >= 0.6 is 0 Å². The Morgan fingerprint density at radius 3 is 1.05 bits per heavy atom. The second-order valence-corrected chi connectivity index (χ2v) is 31.9. The average molecular weight is 1770 g/mol. The monoisotopic (exact) mass is 1770 g/mol. The van der Waals surface area contributed by atoms with Crippen LogP contribution in [0.3, 0.4) is 0 Å². The number of aryl methyl sites for hydroxylation is 1. The van der Waals surface area contributed by atoms with Gasteiger partial charge in [0, 0.05) is 91.3 Å². The molecule has 12 heterocycles. The first-order chi connectivity index (χ1) is 62.9. The molecule has 8 aliphatic heterocycles. The number of alkyl halides is 3. The Balaban J connectivity index is 0.000000122. The molecule has 131 heavy (non-hydrogen) atoms. The van der Waals surface area contributed by atoms with Crippen molar-refractivity contribution in [3.8, 4) is 62.1 Å². The molecule has 8 aromatic carbocycles. The zero-order valence-electron chi connectivity index (χ0n) is 70.1. The number of rotatable bonds is 19. The third kappa shape index (κ3) is 16.6. The van der Waals surface area contributed by atoms with Gasteiger partial charge in [0.25, 0.3) is 47.3 Å². The van der Waals surface area contributed by atoms with Gasteiger partial charge in [-0.3, -0.25) is 74.6 Å². The number of carbonyl (C=O) groups excluding carboxylic acids is 12. The number of pyridine rings is 3. The first kappa shape index (κ1) is 86.2. The fraction of sp³-hybridized carbons (Fsp3) is 0.179. The van der Waals surface area contributed by atoms with Crippen LogP contribution in [-0.2, 0) is 73.7 Å². The van der Waals surface area contributed by atoms with E-state index in [0.29, 0.717) is 86.1 Å². The van der Waals surface area contributed by atoms with Gasteiger partial charge in [0.1, 0.15) is 23.0 Å². The van der Waals surface area contributed by atoms with Crippen molar-refractivity contribution in [3.05, 3.63) is 328 Å². The van der Waals surface area contributed by atoms with Crippen molar-refractivity contribution in [1.82, 2.24) is 86.9 Å². The minimum atomic E-state index is -4.58. The maximum Gasteiger partial charge on any atom is 0.435 e. The van der Waals surface area contributed by atoms with E-state index in [0.717, 1.165) is 66.5 Å². The number of halogens is 3. The number of fused-ring (bicyclic) bond motifs is 4. The molecule has 8 aliphatic rings. The van der Waals surface area contributed by atoms with Crippen molar-refractivity contribution in [3.63, 3.8) is 0 Å². The molecule has 33 nitrogen and oxygen atoms in total. The molecule has 0 radical (unpaired) electrons. The number of phenols is 1. The number of methoxy groups -OCH3 is 3. The molecule has 16 amide bonds. The lowest BCUT2D eigenvalue weighted by molar-refractivity contribution is -0.141. The normalized spacial score (nSPS) is 19.6. The van der Waals surface area contributed by atoms with E-state index in [4.69, 9.17) is 14.2 Å². The summed E-state index contributed by atoms with van der Waals surface area (Å²) in [5, 5.41) is 33.3. The summed E-state index contributed by atoms with van der Waals surface area (Å²) in [6.45, 7) is 2.89. The molecular formula is C95H78F3N17O16. The number of imide groups is 4. The molecule has 0 saturated carbocycles. The molecule has 9 N–H and O–H groups in total. The van der Waals surface area contributed by atoms with Crippen molar-refractivity contribution in [1.29, 1.82) is 0 Å². The lowest BCUT2D eigenvalue weighted by Crippen LogP contribution is -2.52. The molecule has 12 aromatic rings. The standard InChI is InChI=1S/C25H22N4O4.C24H20N4O4.C23H18F3N5O4.C23H18N4O4/c1-15-11-17(9-10-26-15)16-3-6-19(7-4-16)25(23(31)27-24(32)28-25)14-29-13-18-5-8-20(33-2)12-21(18)22(29)30;1-32-19-6-7-20-17(12-19)13-28(21(20)29)14-24(22(30)26-23(31)27-24)18-4-2-15(3-5-18)16-8-10-25-11-9-16;1-35-16-7-2-13-11-30(19(32)17(13)10-16)12-22(20(33)27-21(34)28-22)14-3-5-15(6-4-14)31-9-8-18(29-31)23(24,25)26;28-18-5-6-19-16(11-18)12-27(20(19)29)13-23(21(30)25-22(31)26-23)17-3-1-14(2-4-17)15-7-9-24-10-8-15/h3-12H,13-14H2,1-2H3,(H2,27,28,31,32);2-12H,13-14H2,1H3,(H2,26,27,30,31);2-10H,11-12H2,1H3,(H2,27,28,33,34);1-11,28H,12-13H2,(H2,25,26,30,31)/t25-;24-;22-;23-/m0000/s1. The number of urea groups is 4. The lowest BCUT2D eigenvalue weighted by Gasteiger charge is -2.31. The summed E-state index contributed by atoms with van der Waals surface area (Å²) in [6.07, 6.45) is 5.16. The Morgan fingerprint density at radius 1 is 0.359 bits per heavy atom. The number of carbonyl (C=O) groups is 12. The third-order valence-electron chi connectivity index (χ3n) is 23.9. The highest BCUT2D eigenvalue weighted by atomic mass is 19.4. The quantitative estimate of drug-likeness (QED) is 0.0340. The maximum atomic E-state index is 13.1. The van der Waals surface area contributed by atoms with Gasteiger partial charge >= 0.3 is 30.3 Å². The van der Waals surface area contributed by atoms with E-state index in [9.17, 15) is 75.8 Å². The maximum absolute atomic E-state index is 13.1. The first-order valence-electron chi connectivity index (χ1n) is 40.8. The fourth-order valence-corrected chi connectivity index (χ4v) is 17.2. The van der Waals surface area contributed by atoms with Crippen LogP contribution in [0.25, 0.3) is 39.1 Å². The topological polar surface area (TPSA) is 418 Å². The van der Waals surface area contributed by atoms with Crippen molar-refractivity contribution in [2.24, 2.45) is 0 Å². The number of aromatic hydroxyl groups is 1. The van der Waals surface area contributed by atoms with Gasteiger partial charge in [-0.25, -0.2) is 23.9 Å². The molecule has 0 aliphatic carbocycles. The summed E-state index contributed by atoms with van der Waals surface area (Å²) < 4.78 is 55.4. The molecule has 4 atom stereocenters. The molecule has 4 aromatic heterocycles. The number of phenolic OH excluding ortho intramolecular Hbond substituents is 1. The van der Waals surface area contributed by atoms with Gasteiger partial charge in [-0.15, -0.1) is 0 Å². The van der Waals surface area contributed by atoms with Crippen molar-refractivity contribution < 1.29 is 90.0 Å².